The van der Waals surface area contributed by atoms with Crippen LogP contribution in [0.3, 0.4) is 0 Å². The van der Waals surface area contributed by atoms with Gasteiger partial charge in [0, 0.05) is 25.2 Å². The van der Waals surface area contributed by atoms with E-state index in [9.17, 15) is 19.5 Å². The van der Waals surface area contributed by atoms with Crippen LogP contribution in [0, 0.1) is 11.8 Å². The van der Waals surface area contributed by atoms with Gasteiger partial charge in [-0.25, -0.2) is 0 Å². The summed E-state index contributed by atoms with van der Waals surface area (Å²) in [6.07, 6.45) is 4.93. The van der Waals surface area contributed by atoms with Crippen LogP contribution in [0.5, 0.6) is 0 Å². The topological polar surface area (TPSA) is 90.4 Å². The number of likely N-dealkylation sites (tertiary alicyclic amines) is 1. The number of benzene rings is 2. The van der Waals surface area contributed by atoms with E-state index in [0.717, 1.165) is 5.56 Å². The highest BCUT2D eigenvalue weighted by atomic mass is 16.5. The van der Waals surface area contributed by atoms with Gasteiger partial charge in [0.15, 0.2) is 0 Å². The third-order valence-corrected chi connectivity index (χ3v) is 10.1. The normalized spacial score (nSPS) is 27.6. The summed E-state index contributed by atoms with van der Waals surface area (Å²) < 4.78 is 7.05. The Hall–Kier alpha value is -3.75. The highest BCUT2D eigenvalue weighted by molar-refractivity contribution is 5.99. The van der Waals surface area contributed by atoms with Crippen molar-refractivity contribution in [1.82, 2.24) is 14.7 Å². The quantitative estimate of drug-likeness (QED) is 0.344. The first-order valence-electron chi connectivity index (χ1n) is 16.0. The molecule has 0 saturated carbocycles. The Morgan fingerprint density at radius 1 is 1.02 bits per heavy atom. The van der Waals surface area contributed by atoms with Crippen LogP contribution < -0.4 is 0 Å². The van der Waals surface area contributed by atoms with E-state index >= 15 is 0 Å². The van der Waals surface area contributed by atoms with Crippen molar-refractivity contribution in [3.8, 4) is 0 Å². The maximum Gasteiger partial charge on any atom is 0.249 e. The van der Waals surface area contributed by atoms with Gasteiger partial charge in [-0.05, 0) is 51.2 Å². The van der Waals surface area contributed by atoms with Crippen molar-refractivity contribution in [3.05, 3.63) is 97.1 Å². The molecule has 2 unspecified atom stereocenters. The third kappa shape index (κ3) is 5.42. The van der Waals surface area contributed by atoms with Crippen molar-refractivity contribution < 1.29 is 24.2 Å². The summed E-state index contributed by atoms with van der Waals surface area (Å²) in [5.74, 6) is -2.42. The second-order valence-electron chi connectivity index (χ2n) is 13.6. The Kier molecular flexibility index (Phi) is 9.11. The average Bonchev–Trinajstić information content (AvgIpc) is 3.64. The van der Waals surface area contributed by atoms with E-state index in [-0.39, 0.29) is 30.9 Å². The minimum atomic E-state index is -1.22. The average molecular weight is 614 g/mol. The SMILES string of the molecule is C=CCN(Cc1ccccc1)C(=O)[C@H]1[C@H]2C(=O)N([C@H](CO)c3ccccc3)C(C(=O)N(CC=C)C(C)(C)C)C23CC[C@]1(CC)O3. The summed E-state index contributed by atoms with van der Waals surface area (Å²) in [6.45, 7) is 16.2. The monoisotopic (exact) mass is 613 g/mol. The molecule has 3 aliphatic heterocycles. The number of amides is 3. The zero-order valence-corrected chi connectivity index (χ0v) is 27.0. The molecule has 2 aromatic carbocycles. The maximum atomic E-state index is 15.0. The zero-order valence-electron chi connectivity index (χ0n) is 27.0. The van der Waals surface area contributed by atoms with E-state index < -0.39 is 40.7 Å². The number of hydrogen-bond donors (Lipinski definition) is 1. The molecule has 3 fully saturated rings. The fourth-order valence-electron chi connectivity index (χ4n) is 8.04. The number of rotatable bonds is 12. The number of aliphatic hydroxyl groups excluding tert-OH is 1. The van der Waals surface area contributed by atoms with Crippen LogP contribution in [0.1, 0.15) is 64.1 Å². The fourth-order valence-corrected chi connectivity index (χ4v) is 8.04. The van der Waals surface area contributed by atoms with Gasteiger partial charge in [-0.3, -0.25) is 14.4 Å². The molecule has 3 aliphatic rings. The molecule has 3 saturated heterocycles. The van der Waals surface area contributed by atoms with E-state index in [1.165, 1.54) is 0 Å². The number of aliphatic hydroxyl groups is 1. The predicted molar refractivity (Wildman–Crippen MR) is 174 cm³/mol. The lowest BCUT2D eigenvalue weighted by atomic mass is 9.64. The minimum absolute atomic E-state index is 0.174. The minimum Gasteiger partial charge on any atom is -0.394 e. The standard InChI is InChI=1S/C37H47N3O5/c1-7-22-38(24-26-16-12-10-13-17-26)32(42)29-30-33(43)40(28(25-41)27-18-14-11-15-19-27)31(34(44)39(23-8-2)35(4,5)6)37(30)21-20-36(29,9-3)45-37/h7-8,10-19,28-31,41H,1-2,9,20-25H2,3-6H3/t28-,29-,30+,31?,36+,37?/m1/s1. The smallest absolute Gasteiger partial charge is 0.249 e. The van der Waals surface area contributed by atoms with Crippen LogP contribution in [-0.2, 0) is 25.7 Å². The first kappa shape index (κ1) is 32.6. The molecule has 1 N–H and O–H groups in total. The van der Waals surface area contributed by atoms with E-state index in [2.05, 4.69) is 13.2 Å². The number of carbonyl (C=O) groups excluding carboxylic acids is 3. The second-order valence-corrected chi connectivity index (χ2v) is 13.6. The van der Waals surface area contributed by atoms with Crippen molar-refractivity contribution in [2.75, 3.05) is 19.7 Å². The van der Waals surface area contributed by atoms with Crippen LogP contribution in [0.25, 0.3) is 0 Å². The molecule has 45 heavy (non-hydrogen) atoms. The van der Waals surface area contributed by atoms with Crippen LogP contribution in [-0.4, -0.2) is 80.0 Å². The number of ether oxygens (including phenoxy) is 1. The van der Waals surface area contributed by atoms with Crippen molar-refractivity contribution >= 4 is 17.7 Å². The van der Waals surface area contributed by atoms with Crippen LogP contribution >= 0.6 is 0 Å². The lowest BCUT2D eigenvalue weighted by molar-refractivity contribution is -0.160. The molecular weight excluding hydrogens is 566 g/mol. The molecule has 8 nitrogen and oxygen atoms in total. The third-order valence-electron chi connectivity index (χ3n) is 10.1. The zero-order chi connectivity index (χ0) is 32.6. The Labute approximate surface area is 267 Å². The molecule has 0 radical (unpaired) electrons. The number of nitrogens with zero attached hydrogens (tertiary/aromatic N) is 3. The first-order chi connectivity index (χ1) is 21.5. The van der Waals surface area contributed by atoms with Gasteiger partial charge >= 0.3 is 0 Å². The molecule has 6 atom stereocenters. The molecule has 8 heteroatoms. The second kappa shape index (κ2) is 12.6. The van der Waals surface area contributed by atoms with Crippen LogP contribution in [0.2, 0.25) is 0 Å². The van der Waals surface area contributed by atoms with Crippen molar-refractivity contribution in [2.24, 2.45) is 11.8 Å². The van der Waals surface area contributed by atoms with E-state index in [1.54, 1.807) is 26.9 Å². The molecule has 0 aromatic heterocycles. The highest BCUT2D eigenvalue weighted by Crippen LogP contribution is 2.65. The fraction of sp³-hybridized carbons (Fsp3) is 0.486. The Morgan fingerprint density at radius 3 is 2.20 bits per heavy atom. The molecular formula is C37H47N3O5. The lowest BCUT2D eigenvalue weighted by Gasteiger charge is -2.43. The largest absolute Gasteiger partial charge is 0.394 e. The van der Waals surface area contributed by atoms with Crippen molar-refractivity contribution in [1.29, 1.82) is 0 Å². The van der Waals surface area contributed by atoms with Crippen LogP contribution in [0.15, 0.2) is 86.0 Å². The first-order valence-corrected chi connectivity index (χ1v) is 16.0. The van der Waals surface area contributed by atoms with Gasteiger partial charge in [0.2, 0.25) is 17.7 Å². The van der Waals surface area contributed by atoms with Gasteiger partial charge in [0.05, 0.1) is 30.1 Å². The molecule has 2 bridgehead atoms. The van der Waals surface area contributed by atoms with Crippen LogP contribution in [0.4, 0.5) is 0 Å². The van der Waals surface area contributed by atoms with E-state index in [4.69, 9.17) is 4.74 Å². The number of hydrogen-bond acceptors (Lipinski definition) is 5. The molecule has 1 spiro atoms. The van der Waals surface area contributed by atoms with Crippen molar-refractivity contribution in [3.63, 3.8) is 0 Å². The Morgan fingerprint density at radius 2 is 1.64 bits per heavy atom. The van der Waals surface area contributed by atoms with E-state index in [0.29, 0.717) is 37.9 Å². The molecule has 0 aliphatic carbocycles. The molecule has 5 rings (SSSR count). The Bertz CT molecular complexity index is 1420. The van der Waals surface area contributed by atoms with Gasteiger partial charge in [0.1, 0.15) is 11.6 Å². The predicted octanol–water partition coefficient (Wildman–Crippen LogP) is 4.90. The summed E-state index contributed by atoms with van der Waals surface area (Å²) >= 11 is 0. The summed E-state index contributed by atoms with van der Waals surface area (Å²) in [5.41, 5.74) is -0.997. The molecule has 240 valence electrons. The van der Waals surface area contributed by atoms with E-state index in [1.807, 2.05) is 88.4 Å². The summed E-state index contributed by atoms with van der Waals surface area (Å²) in [4.78, 5) is 49.6. The maximum absolute atomic E-state index is 15.0. The van der Waals surface area contributed by atoms with Crippen molar-refractivity contribution in [2.45, 2.75) is 82.3 Å². The number of fused-ring (bicyclic) bond motifs is 1. The highest BCUT2D eigenvalue weighted by Gasteiger charge is 2.79. The summed E-state index contributed by atoms with van der Waals surface area (Å²) in [6, 6.07) is 17.2. The Balaban J connectivity index is 1.65. The molecule has 3 amide bonds. The van der Waals surface area contributed by atoms with Gasteiger partial charge in [-0.1, -0.05) is 79.7 Å². The lowest BCUT2D eigenvalue weighted by Crippen LogP contribution is -2.60. The van der Waals surface area contributed by atoms with Gasteiger partial charge < -0.3 is 24.5 Å². The molecule has 3 heterocycles. The summed E-state index contributed by atoms with van der Waals surface area (Å²) in [7, 11) is 0. The van der Waals surface area contributed by atoms with Gasteiger partial charge in [-0.2, -0.15) is 0 Å². The van der Waals surface area contributed by atoms with Gasteiger partial charge in [-0.15, -0.1) is 13.2 Å². The number of carbonyl (C=O) groups is 3. The molecule has 2 aromatic rings. The summed E-state index contributed by atoms with van der Waals surface area (Å²) in [5, 5.41) is 10.8. The van der Waals surface area contributed by atoms with Gasteiger partial charge in [0.25, 0.3) is 0 Å².